The molecule has 0 aliphatic heterocycles. The number of rotatable bonds is 0. The average molecular weight is 277 g/mol. The third kappa shape index (κ3) is 445. The Morgan fingerprint density at radius 2 is 0.833 bits per heavy atom. The van der Waals surface area contributed by atoms with Gasteiger partial charge in [0, 0.05) is 0 Å². The van der Waals surface area contributed by atoms with Crippen molar-refractivity contribution >= 4 is 0 Å². The van der Waals surface area contributed by atoms with Crippen LogP contribution in [0, 0.1) is 0 Å². The molecule has 0 aromatic rings. The first-order valence-corrected chi connectivity index (χ1v) is 1.06. The fraction of sp³-hybridized carbons (Fsp3) is 0. The van der Waals surface area contributed by atoms with Crippen molar-refractivity contribution in [3.05, 3.63) is 24.6 Å². The summed E-state index contributed by atoms with van der Waals surface area (Å²) in [5.41, 5.74) is 0. The summed E-state index contributed by atoms with van der Waals surface area (Å²) in [7, 11) is 0. The van der Waals surface area contributed by atoms with Crippen LogP contribution in [0.3, 0.4) is 0 Å². The summed E-state index contributed by atoms with van der Waals surface area (Å²) in [4.78, 5) is 0. The van der Waals surface area contributed by atoms with E-state index in [1.807, 2.05) is 0 Å². The monoisotopic (exact) mass is 277 g/mol. The zero-order valence-electron chi connectivity index (χ0n) is 5.03. The van der Waals surface area contributed by atoms with E-state index in [4.69, 9.17) is 3.40 Å². The molecule has 0 radical (unpaired) electrons. The molecule has 0 aliphatic rings. The van der Waals surface area contributed by atoms with Gasteiger partial charge in [-0.05, 0) is 0 Å². The molecule has 0 heterocycles. The summed E-state index contributed by atoms with van der Waals surface area (Å²) in [5, 5.41) is 0. The van der Waals surface area contributed by atoms with Crippen LogP contribution < -0.4 is 0 Å². The molecule has 0 aromatic carbocycles. The van der Waals surface area contributed by atoms with Crippen molar-refractivity contribution in [1.29, 1.82) is 0 Å². The van der Waals surface area contributed by atoms with E-state index in [2.05, 4.69) is 0 Å². The predicted molar refractivity (Wildman–Crippen MR) is 24.0 cm³/mol. The SMILES string of the molecule is [H+].[H+].[NH2-].[NH2-].[NH2-].[NH2-].[O]=[Pt]. The molecule has 0 aromatic heterocycles. The van der Waals surface area contributed by atoms with Crippen LogP contribution in [0.15, 0.2) is 0 Å². The zero-order valence-corrected chi connectivity index (χ0v) is 5.31. The van der Waals surface area contributed by atoms with Gasteiger partial charge in [-0.3, -0.25) is 0 Å². The third-order valence-electron chi connectivity index (χ3n) is 0. The molecule has 0 unspecified atom stereocenters. The van der Waals surface area contributed by atoms with Crippen LogP contribution in [0.4, 0.5) is 0 Å². The van der Waals surface area contributed by atoms with Crippen molar-refractivity contribution < 1.29 is 26.0 Å². The Morgan fingerprint density at radius 1 is 0.833 bits per heavy atom. The Labute approximate surface area is 51.4 Å². The molecule has 48 valence electrons. The summed E-state index contributed by atoms with van der Waals surface area (Å²) < 4.78 is 8.22. The van der Waals surface area contributed by atoms with Crippen molar-refractivity contribution in [1.82, 2.24) is 0 Å². The summed E-state index contributed by atoms with van der Waals surface area (Å²) in [6, 6.07) is 0. The molecule has 0 atom stereocenters. The first-order valence-electron chi connectivity index (χ1n) is 0.129. The Bertz CT molecular complexity index is 14.0. The normalized spacial score (nSPS) is 1.00. The molecule has 0 fully saturated rings. The average Bonchev–Trinajstić information content (AvgIpc) is 1.00. The zero-order chi connectivity index (χ0) is 2.00. The molecule has 0 saturated heterocycles. The minimum atomic E-state index is 0. The second-order valence-electron chi connectivity index (χ2n) is 0. The molecular formula is H10N4OPt-2. The van der Waals surface area contributed by atoms with E-state index in [-0.39, 0.29) is 27.5 Å². The van der Waals surface area contributed by atoms with E-state index in [1.165, 1.54) is 0 Å². The van der Waals surface area contributed by atoms with Gasteiger partial charge in [-0.25, -0.2) is 0 Å². The topological polar surface area (TPSA) is 151 Å². The molecule has 0 bridgehead atoms. The van der Waals surface area contributed by atoms with E-state index >= 15 is 0 Å². The number of nitrogens with two attached hydrogens (primary N) is 4. The van der Waals surface area contributed by atoms with E-state index in [1.54, 1.807) is 0 Å². The molecule has 6 heavy (non-hydrogen) atoms. The van der Waals surface area contributed by atoms with Gasteiger partial charge in [0.15, 0.2) is 0 Å². The Hall–Kier alpha value is 0.328. The van der Waals surface area contributed by atoms with E-state index in [0.29, 0.717) is 0 Å². The molecule has 5 nitrogen and oxygen atoms in total. The van der Waals surface area contributed by atoms with Crippen LogP contribution in [-0.2, 0) is 23.2 Å². The van der Waals surface area contributed by atoms with Gasteiger partial charge >= 0.3 is 26.0 Å². The van der Waals surface area contributed by atoms with Gasteiger partial charge in [0.2, 0.25) is 0 Å². The van der Waals surface area contributed by atoms with Crippen molar-refractivity contribution in [2.24, 2.45) is 0 Å². The minimum absolute atomic E-state index is 0. The molecule has 8 N–H and O–H groups in total. The van der Waals surface area contributed by atoms with Gasteiger partial charge in [-0.1, -0.05) is 0 Å². The maximum atomic E-state index is 8.22. The van der Waals surface area contributed by atoms with Crippen LogP contribution in [0.5, 0.6) is 0 Å². The molecule has 6 heteroatoms. The summed E-state index contributed by atoms with van der Waals surface area (Å²) >= 11 is 0.889. The third-order valence-corrected chi connectivity index (χ3v) is 0. The van der Waals surface area contributed by atoms with E-state index < -0.39 is 0 Å². The molecule has 0 aliphatic carbocycles. The molecule has 0 spiro atoms. The molecule has 0 rings (SSSR count). The van der Waals surface area contributed by atoms with Crippen molar-refractivity contribution in [3.8, 4) is 0 Å². The summed E-state index contributed by atoms with van der Waals surface area (Å²) in [6.45, 7) is 0. The van der Waals surface area contributed by atoms with Gasteiger partial charge in [-0.2, -0.15) is 0 Å². The van der Waals surface area contributed by atoms with Crippen LogP contribution in [0.2, 0.25) is 0 Å². The Balaban J connectivity index is -0.000000000333. The fourth-order valence-electron chi connectivity index (χ4n) is 0. The standard InChI is InChI=1S/4H2N.O.Pt/h4*1H2;;/q4*-1;;/p+2. The molecule has 0 saturated carbocycles. The summed E-state index contributed by atoms with van der Waals surface area (Å²) in [5.74, 6) is 0. The van der Waals surface area contributed by atoms with E-state index in [9.17, 15) is 0 Å². The first kappa shape index (κ1) is 102. The second kappa shape index (κ2) is 926. The number of hydrogen-bond acceptors (Lipinski definition) is 1. The van der Waals surface area contributed by atoms with Crippen LogP contribution in [0.25, 0.3) is 24.6 Å². The van der Waals surface area contributed by atoms with Crippen LogP contribution >= 0.6 is 0 Å². The Morgan fingerprint density at radius 3 is 0.833 bits per heavy atom. The van der Waals surface area contributed by atoms with Gasteiger partial charge in [0.25, 0.3) is 0 Å². The van der Waals surface area contributed by atoms with Crippen LogP contribution in [-0.4, -0.2) is 0 Å². The van der Waals surface area contributed by atoms with Crippen molar-refractivity contribution in [2.45, 2.75) is 0 Å². The molecular weight excluding hydrogens is 267 g/mol. The van der Waals surface area contributed by atoms with Gasteiger partial charge in [0.1, 0.15) is 0 Å². The van der Waals surface area contributed by atoms with Crippen LogP contribution in [0.1, 0.15) is 2.85 Å². The fourth-order valence-corrected chi connectivity index (χ4v) is 0. The van der Waals surface area contributed by atoms with E-state index in [0.717, 1.165) is 19.8 Å². The second-order valence-corrected chi connectivity index (χ2v) is 0. The number of hydrogen-bond donors (Lipinski definition) is 0. The van der Waals surface area contributed by atoms with Crippen molar-refractivity contribution in [2.75, 3.05) is 0 Å². The van der Waals surface area contributed by atoms with Gasteiger partial charge in [0.05, 0.1) is 0 Å². The predicted octanol–water partition coefficient (Wildman–Crippen LogP) is 2.97. The maximum absolute atomic E-state index is 8.22. The molecule has 0 amide bonds. The Kier molecular flexibility index (Phi) is 15700. The van der Waals surface area contributed by atoms with Crippen molar-refractivity contribution in [3.63, 3.8) is 0 Å². The van der Waals surface area contributed by atoms with Gasteiger partial charge < -0.3 is 24.6 Å². The van der Waals surface area contributed by atoms with Gasteiger partial charge in [-0.15, -0.1) is 0 Å². The quantitative estimate of drug-likeness (QED) is 0.656. The summed E-state index contributed by atoms with van der Waals surface area (Å²) in [6.07, 6.45) is 0. The first-order chi connectivity index (χ1) is 1.00.